The summed E-state index contributed by atoms with van der Waals surface area (Å²) in [5, 5.41) is 9.20. The van der Waals surface area contributed by atoms with Crippen LogP contribution in [0.2, 0.25) is 0 Å². The number of thioether (sulfide) groups is 1. The van der Waals surface area contributed by atoms with Crippen LogP contribution in [0.4, 0.5) is 0 Å². The lowest BCUT2D eigenvalue weighted by atomic mass is 9.92. The third-order valence-corrected chi connectivity index (χ3v) is 6.01. The fourth-order valence-corrected chi connectivity index (χ4v) is 4.74. The summed E-state index contributed by atoms with van der Waals surface area (Å²) in [6.07, 6.45) is 4.65. The van der Waals surface area contributed by atoms with Crippen molar-refractivity contribution in [2.24, 2.45) is 11.8 Å². The SMILES string of the molecule is C=CCn1c(SC(C)C(=O)N2CC(C)CC(C)C2)nnc1-c1ccoc1C. The molecule has 3 unspecified atom stereocenters. The average Bonchev–Trinajstić information content (AvgIpc) is 3.20. The number of nitrogens with zero attached hydrogens (tertiary/aromatic N) is 4. The first-order valence-electron chi connectivity index (χ1n) is 9.44. The summed E-state index contributed by atoms with van der Waals surface area (Å²) in [7, 11) is 0. The van der Waals surface area contributed by atoms with Crippen molar-refractivity contribution in [3.8, 4) is 11.4 Å². The van der Waals surface area contributed by atoms with Gasteiger partial charge in [0.15, 0.2) is 11.0 Å². The Balaban J connectivity index is 1.78. The van der Waals surface area contributed by atoms with Crippen LogP contribution in [0, 0.1) is 18.8 Å². The van der Waals surface area contributed by atoms with E-state index in [1.807, 2.05) is 35.5 Å². The number of amides is 1. The van der Waals surface area contributed by atoms with Crippen molar-refractivity contribution in [2.45, 2.75) is 51.1 Å². The van der Waals surface area contributed by atoms with E-state index in [-0.39, 0.29) is 11.2 Å². The Morgan fingerprint density at radius 1 is 1.41 bits per heavy atom. The summed E-state index contributed by atoms with van der Waals surface area (Å²) in [6.45, 7) is 14.4. The van der Waals surface area contributed by atoms with Gasteiger partial charge in [-0.3, -0.25) is 9.36 Å². The lowest BCUT2D eigenvalue weighted by Gasteiger charge is -2.36. The highest BCUT2D eigenvalue weighted by molar-refractivity contribution is 8.00. The van der Waals surface area contributed by atoms with Crippen LogP contribution in [0.25, 0.3) is 11.4 Å². The van der Waals surface area contributed by atoms with Crippen molar-refractivity contribution in [1.82, 2.24) is 19.7 Å². The third kappa shape index (κ3) is 4.29. The Hall–Kier alpha value is -2.02. The fourth-order valence-electron chi connectivity index (χ4n) is 3.79. The Kier molecular flexibility index (Phi) is 6.09. The number of hydrogen-bond donors (Lipinski definition) is 0. The molecule has 1 aliphatic heterocycles. The maximum Gasteiger partial charge on any atom is 0.235 e. The van der Waals surface area contributed by atoms with Crippen LogP contribution < -0.4 is 0 Å². The number of piperidine rings is 1. The summed E-state index contributed by atoms with van der Waals surface area (Å²) in [4.78, 5) is 15.0. The minimum atomic E-state index is -0.214. The second-order valence-corrected chi connectivity index (χ2v) is 8.85. The minimum absolute atomic E-state index is 0.174. The van der Waals surface area contributed by atoms with Crippen LogP contribution >= 0.6 is 11.8 Å². The molecule has 146 valence electrons. The molecule has 3 atom stereocenters. The molecule has 0 saturated carbocycles. The summed E-state index contributed by atoms with van der Waals surface area (Å²) in [5.41, 5.74) is 0.911. The molecular weight excluding hydrogens is 360 g/mol. The van der Waals surface area contributed by atoms with Crippen LogP contribution in [0.1, 0.15) is 33.0 Å². The first-order chi connectivity index (χ1) is 12.9. The van der Waals surface area contributed by atoms with E-state index < -0.39 is 0 Å². The van der Waals surface area contributed by atoms with E-state index in [1.54, 1.807) is 6.26 Å². The van der Waals surface area contributed by atoms with Crippen LogP contribution in [-0.2, 0) is 11.3 Å². The zero-order valence-electron chi connectivity index (χ0n) is 16.5. The van der Waals surface area contributed by atoms with E-state index in [0.717, 1.165) is 35.4 Å². The fraction of sp³-hybridized carbons (Fsp3) is 0.550. The third-order valence-electron chi connectivity index (χ3n) is 4.94. The minimum Gasteiger partial charge on any atom is -0.469 e. The van der Waals surface area contributed by atoms with Crippen molar-refractivity contribution in [3.63, 3.8) is 0 Å². The van der Waals surface area contributed by atoms with Gasteiger partial charge in [0.05, 0.1) is 17.1 Å². The quantitative estimate of drug-likeness (QED) is 0.552. The Morgan fingerprint density at radius 2 is 2.11 bits per heavy atom. The van der Waals surface area contributed by atoms with Crippen molar-refractivity contribution in [2.75, 3.05) is 13.1 Å². The summed E-state index contributed by atoms with van der Waals surface area (Å²) >= 11 is 1.46. The summed E-state index contributed by atoms with van der Waals surface area (Å²) in [5.74, 6) is 2.81. The average molecular weight is 389 g/mol. The number of hydrogen-bond acceptors (Lipinski definition) is 5. The standard InChI is InChI=1S/C20H28N4O2S/c1-6-8-24-18(17-7-9-26-15(17)4)21-22-20(24)27-16(5)19(25)23-11-13(2)10-14(3)12-23/h6-7,9,13-14,16H,1,8,10-12H2,2-5H3. The van der Waals surface area contributed by atoms with Gasteiger partial charge in [-0.15, -0.1) is 16.8 Å². The lowest BCUT2D eigenvalue weighted by Crippen LogP contribution is -2.45. The molecule has 0 N–H and O–H groups in total. The Bertz CT molecular complexity index is 803. The number of carbonyl (C=O) groups is 1. The number of likely N-dealkylation sites (tertiary alicyclic amines) is 1. The van der Waals surface area contributed by atoms with Gasteiger partial charge in [-0.2, -0.15) is 0 Å². The van der Waals surface area contributed by atoms with Gasteiger partial charge < -0.3 is 9.32 Å². The molecule has 1 fully saturated rings. The Morgan fingerprint density at radius 3 is 2.70 bits per heavy atom. The van der Waals surface area contributed by atoms with Gasteiger partial charge in [0.25, 0.3) is 0 Å². The van der Waals surface area contributed by atoms with E-state index in [2.05, 4.69) is 30.6 Å². The van der Waals surface area contributed by atoms with Gasteiger partial charge in [-0.05, 0) is 38.2 Å². The monoisotopic (exact) mass is 388 g/mol. The molecule has 2 aromatic heterocycles. The number of furan rings is 1. The number of aryl methyl sites for hydroxylation is 1. The first kappa shape index (κ1) is 19.7. The van der Waals surface area contributed by atoms with Crippen LogP contribution in [0.3, 0.4) is 0 Å². The number of carbonyl (C=O) groups excluding carboxylic acids is 1. The molecule has 27 heavy (non-hydrogen) atoms. The van der Waals surface area contributed by atoms with Crippen LogP contribution in [0.5, 0.6) is 0 Å². The molecule has 0 bridgehead atoms. The highest BCUT2D eigenvalue weighted by Crippen LogP contribution is 2.30. The molecule has 0 aliphatic carbocycles. The largest absolute Gasteiger partial charge is 0.469 e. The predicted octanol–water partition coefficient (Wildman–Crippen LogP) is 4.02. The van der Waals surface area contributed by atoms with Gasteiger partial charge in [0, 0.05) is 19.6 Å². The molecule has 6 nitrogen and oxygen atoms in total. The lowest BCUT2D eigenvalue weighted by molar-refractivity contribution is -0.132. The van der Waals surface area contributed by atoms with E-state index in [1.165, 1.54) is 18.2 Å². The first-order valence-corrected chi connectivity index (χ1v) is 10.3. The molecule has 0 radical (unpaired) electrons. The number of allylic oxidation sites excluding steroid dienone is 1. The smallest absolute Gasteiger partial charge is 0.235 e. The molecule has 0 aromatic carbocycles. The summed E-state index contributed by atoms with van der Waals surface area (Å²) in [6, 6.07) is 1.89. The molecular formula is C20H28N4O2S. The maximum atomic E-state index is 13.0. The van der Waals surface area contributed by atoms with Crippen molar-refractivity contribution in [1.29, 1.82) is 0 Å². The van der Waals surface area contributed by atoms with Gasteiger partial charge >= 0.3 is 0 Å². The van der Waals surface area contributed by atoms with Crippen molar-refractivity contribution >= 4 is 17.7 Å². The van der Waals surface area contributed by atoms with Gasteiger partial charge in [0.1, 0.15) is 5.76 Å². The predicted molar refractivity (Wildman–Crippen MR) is 108 cm³/mol. The van der Waals surface area contributed by atoms with E-state index in [9.17, 15) is 4.79 Å². The van der Waals surface area contributed by atoms with Crippen LogP contribution in [0.15, 0.2) is 34.6 Å². The number of rotatable bonds is 6. The molecule has 1 saturated heterocycles. The number of aromatic nitrogens is 3. The molecule has 3 rings (SSSR count). The molecule has 1 aliphatic rings. The highest BCUT2D eigenvalue weighted by atomic mass is 32.2. The normalized spacial score (nSPS) is 21.3. The maximum absolute atomic E-state index is 13.0. The van der Waals surface area contributed by atoms with Crippen LogP contribution in [-0.4, -0.2) is 43.9 Å². The second-order valence-electron chi connectivity index (χ2n) is 7.55. The van der Waals surface area contributed by atoms with E-state index >= 15 is 0 Å². The molecule has 2 aromatic rings. The van der Waals surface area contributed by atoms with E-state index in [4.69, 9.17) is 4.42 Å². The Labute approximate surface area is 165 Å². The molecule has 1 amide bonds. The van der Waals surface area contributed by atoms with Gasteiger partial charge in [0.2, 0.25) is 5.91 Å². The summed E-state index contributed by atoms with van der Waals surface area (Å²) < 4.78 is 7.39. The second kappa shape index (κ2) is 8.33. The molecule has 7 heteroatoms. The zero-order valence-corrected chi connectivity index (χ0v) is 17.3. The molecule has 3 heterocycles. The topological polar surface area (TPSA) is 64.2 Å². The van der Waals surface area contributed by atoms with Gasteiger partial charge in [-0.1, -0.05) is 31.7 Å². The molecule has 0 spiro atoms. The van der Waals surface area contributed by atoms with Gasteiger partial charge in [-0.25, -0.2) is 0 Å². The van der Waals surface area contributed by atoms with E-state index in [0.29, 0.717) is 18.4 Å². The zero-order chi connectivity index (χ0) is 19.6. The highest BCUT2D eigenvalue weighted by Gasteiger charge is 2.30. The van der Waals surface area contributed by atoms with Crippen molar-refractivity contribution < 1.29 is 9.21 Å². The van der Waals surface area contributed by atoms with Crippen molar-refractivity contribution in [3.05, 3.63) is 30.7 Å².